The molecule has 0 saturated heterocycles. The number of hydrogen-bond donors (Lipinski definition) is 0. The normalized spacial score (nSPS) is 13.3. The third kappa shape index (κ3) is 7.38. The van der Waals surface area contributed by atoms with E-state index in [2.05, 4.69) is 83.8 Å². The summed E-state index contributed by atoms with van der Waals surface area (Å²) in [6.45, 7) is 10.6. The average molecular weight is 570 g/mol. The van der Waals surface area contributed by atoms with Crippen molar-refractivity contribution in [3.8, 4) is 11.5 Å². The SMILES string of the molecule is CCCCC(CC)COc1c(OCC(CC)CCCC)c(CBr)c2ccccc2c1CBr. The molecule has 180 valence electrons. The number of fused-ring (bicyclic) bond motifs is 1. The molecule has 0 aliphatic heterocycles. The lowest BCUT2D eigenvalue weighted by atomic mass is 9.97. The van der Waals surface area contributed by atoms with Crippen LogP contribution in [-0.2, 0) is 10.7 Å². The van der Waals surface area contributed by atoms with E-state index in [9.17, 15) is 0 Å². The van der Waals surface area contributed by atoms with Crippen LogP contribution in [-0.4, -0.2) is 13.2 Å². The topological polar surface area (TPSA) is 18.5 Å². The Hall–Kier alpha value is -0.740. The molecular formula is C28H42Br2O2. The molecule has 0 N–H and O–H groups in total. The maximum atomic E-state index is 6.63. The molecule has 0 spiro atoms. The monoisotopic (exact) mass is 568 g/mol. The van der Waals surface area contributed by atoms with Crippen LogP contribution >= 0.6 is 31.9 Å². The summed E-state index contributed by atoms with van der Waals surface area (Å²) >= 11 is 7.51. The van der Waals surface area contributed by atoms with Crippen LogP contribution in [0.1, 0.15) is 90.2 Å². The van der Waals surface area contributed by atoms with Gasteiger partial charge in [-0.1, -0.05) is 122 Å². The van der Waals surface area contributed by atoms with Crippen molar-refractivity contribution in [3.05, 3.63) is 35.4 Å². The lowest BCUT2D eigenvalue weighted by molar-refractivity contribution is 0.198. The minimum absolute atomic E-state index is 0.581. The highest BCUT2D eigenvalue weighted by Crippen LogP contribution is 2.44. The average Bonchev–Trinajstić information content (AvgIpc) is 2.83. The van der Waals surface area contributed by atoms with Crippen LogP contribution in [0.2, 0.25) is 0 Å². The molecule has 0 radical (unpaired) electrons. The van der Waals surface area contributed by atoms with Crippen LogP contribution in [0.4, 0.5) is 0 Å². The molecule has 0 bridgehead atoms. The first-order valence-electron chi connectivity index (χ1n) is 12.6. The van der Waals surface area contributed by atoms with Gasteiger partial charge in [-0.2, -0.15) is 0 Å². The molecule has 0 amide bonds. The van der Waals surface area contributed by atoms with E-state index in [0.29, 0.717) is 11.8 Å². The first-order chi connectivity index (χ1) is 15.6. The summed E-state index contributed by atoms with van der Waals surface area (Å²) in [5, 5.41) is 4.00. The second kappa shape index (κ2) is 15.2. The van der Waals surface area contributed by atoms with E-state index in [1.807, 2.05) is 0 Å². The molecule has 2 aromatic carbocycles. The van der Waals surface area contributed by atoms with Gasteiger partial charge in [0.1, 0.15) is 0 Å². The summed E-state index contributed by atoms with van der Waals surface area (Å²) in [7, 11) is 0. The number of halogens is 2. The molecule has 0 fully saturated rings. The molecule has 0 aliphatic carbocycles. The van der Waals surface area contributed by atoms with E-state index in [-0.39, 0.29) is 0 Å². The maximum Gasteiger partial charge on any atom is 0.166 e. The van der Waals surface area contributed by atoms with Crippen molar-refractivity contribution in [1.82, 2.24) is 0 Å². The minimum atomic E-state index is 0.581. The summed E-state index contributed by atoms with van der Waals surface area (Å²) < 4.78 is 13.3. The van der Waals surface area contributed by atoms with E-state index in [1.165, 1.54) is 60.4 Å². The van der Waals surface area contributed by atoms with Gasteiger partial charge >= 0.3 is 0 Å². The zero-order chi connectivity index (χ0) is 23.3. The van der Waals surface area contributed by atoms with Crippen LogP contribution in [0.25, 0.3) is 10.8 Å². The van der Waals surface area contributed by atoms with Gasteiger partial charge in [0.2, 0.25) is 0 Å². The first kappa shape index (κ1) is 27.5. The van der Waals surface area contributed by atoms with Crippen LogP contribution in [0, 0.1) is 11.8 Å². The number of hydrogen-bond acceptors (Lipinski definition) is 2. The van der Waals surface area contributed by atoms with Crippen molar-refractivity contribution < 1.29 is 9.47 Å². The van der Waals surface area contributed by atoms with Gasteiger partial charge < -0.3 is 9.47 Å². The number of ether oxygens (including phenoxy) is 2. The Morgan fingerprint density at radius 1 is 0.688 bits per heavy atom. The predicted octanol–water partition coefficient (Wildman–Crippen LogP) is 9.82. The zero-order valence-electron chi connectivity index (χ0n) is 20.5. The molecule has 4 heteroatoms. The van der Waals surface area contributed by atoms with E-state index >= 15 is 0 Å². The summed E-state index contributed by atoms with van der Waals surface area (Å²) in [6, 6.07) is 8.65. The van der Waals surface area contributed by atoms with Crippen LogP contribution in [0.5, 0.6) is 11.5 Å². The molecule has 0 aliphatic rings. The zero-order valence-corrected chi connectivity index (χ0v) is 23.7. The predicted molar refractivity (Wildman–Crippen MR) is 147 cm³/mol. The molecule has 0 saturated carbocycles. The third-order valence-corrected chi connectivity index (χ3v) is 7.73. The third-order valence-electron chi connectivity index (χ3n) is 6.61. The lowest BCUT2D eigenvalue weighted by Crippen LogP contribution is -2.16. The largest absolute Gasteiger partial charge is 0.489 e. The molecule has 2 unspecified atom stereocenters. The number of unbranched alkanes of at least 4 members (excludes halogenated alkanes) is 2. The molecule has 32 heavy (non-hydrogen) atoms. The van der Waals surface area contributed by atoms with Gasteiger partial charge in [0.05, 0.1) is 13.2 Å². The second-order valence-electron chi connectivity index (χ2n) is 8.88. The van der Waals surface area contributed by atoms with Crippen molar-refractivity contribution in [2.45, 2.75) is 89.7 Å². The van der Waals surface area contributed by atoms with E-state index < -0.39 is 0 Å². The molecule has 0 heterocycles. The Labute approximate surface area is 213 Å². The first-order valence-corrected chi connectivity index (χ1v) is 14.8. The summed E-state index contributed by atoms with van der Waals surface area (Å²) in [6.07, 6.45) is 9.73. The van der Waals surface area contributed by atoms with E-state index in [4.69, 9.17) is 9.47 Å². The number of alkyl halides is 2. The smallest absolute Gasteiger partial charge is 0.166 e. The van der Waals surface area contributed by atoms with Gasteiger partial charge in [-0.3, -0.25) is 0 Å². The van der Waals surface area contributed by atoms with Gasteiger partial charge in [-0.25, -0.2) is 0 Å². The van der Waals surface area contributed by atoms with Gasteiger partial charge in [-0.05, 0) is 35.4 Å². The molecule has 2 nitrogen and oxygen atoms in total. The van der Waals surface area contributed by atoms with Gasteiger partial charge in [0.15, 0.2) is 11.5 Å². The highest BCUT2D eigenvalue weighted by molar-refractivity contribution is 9.08. The Bertz CT molecular complexity index is 739. The fourth-order valence-electron chi connectivity index (χ4n) is 4.30. The molecule has 2 rings (SSSR count). The number of rotatable bonds is 16. The van der Waals surface area contributed by atoms with Gasteiger partial charge in [0.25, 0.3) is 0 Å². The Balaban J connectivity index is 2.46. The number of benzene rings is 2. The van der Waals surface area contributed by atoms with Gasteiger partial charge in [0, 0.05) is 21.8 Å². The maximum absolute atomic E-state index is 6.63. The van der Waals surface area contributed by atoms with Crippen LogP contribution in [0.3, 0.4) is 0 Å². The Morgan fingerprint density at radius 2 is 1.09 bits per heavy atom. The van der Waals surface area contributed by atoms with Crippen molar-refractivity contribution >= 4 is 42.6 Å². The van der Waals surface area contributed by atoms with Crippen molar-refractivity contribution in [2.24, 2.45) is 11.8 Å². The molecule has 2 aromatic rings. The summed E-state index contributed by atoms with van der Waals surface area (Å²) in [5.74, 6) is 3.04. The van der Waals surface area contributed by atoms with Crippen molar-refractivity contribution in [3.63, 3.8) is 0 Å². The molecule has 2 atom stereocenters. The molecule has 0 aromatic heterocycles. The van der Waals surface area contributed by atoms with Crippen molar-refractivity contribution in [1.29, 1.82) is 0 Å². The van der Waals surface area contributed by atoms with Crippen LogP contribution in [0.15, 0.2) is 24.3 Å². The fourth-order valence-corrected chi connectivity index (χ4v) is 5.41. The van der Waals surface area contributed by atoms with Gasteiger partial charge in [-0.15, -0.1) is 0 Å². The lowest BCUT2D eigenvalue weighted by Gasteiger charge is -2.25. The van der Waals surface area contributed by atoms with E-state index in [0.717, 1.165) is 48.2 Å². The fraction of sp³-hybridized carbons (Fsp3) is 0.643. The summed E-state index contributed by atoms with van der Waals surface area (Å²) in [4.78, 5) is 0. The molecular weight excluding hydrogens is 528 g/mol. The standard InChI is InChI=1S/C28H42Br2O2/c1-5-9-13-21(7-3)19-31-27-25(17-29)23-15-11-12-16-24(23)26(18-30)28(27)32-20-22(8-4)14-10-6-2/h11-12,15-16,21-22H,5-10,13-14,17-20H2,1-4H3. The van der Waals surface area contributed by atoms with E-state index in [1.54, 1.807) is 0 Å². The highest BCUT2D eigenvalue weighted by Gasteiger charge is 2.23. The minimum Gasteiger partial charge on any atom is -0.489 e. The second-order valence-corrected chi connectivity index (χ2v) is 10.0. The van der Waals surface area contributed by atoms with Crippen molar-refractivity contribution in [2.75, 3.05) is 13.2 Å². The quantitative estimate of drug-likeness (QED) is 0.187. The Morgan fingerprint density at radius 3 is 1.41 bits per heavy atom. The summed E-state index contributed by atoms with van der Waals surface area (Å²) in [5.41, 5.74) is 2.40. The Kier molecular flexibility index (Phi) is 13.1. The van der Waals surface area contributed by atoms with Crippen LogP contribution < -0.4 is 9.47 Å². The highest BCUT2D eigenvalue weighted by atomic mass is 79.9.